The molecule has 2 aromatic heterocycles. The van der Waals surface area contributed by atoms with E-state index >= 15 is 0 Å². The van der Waals surface area contributed by atoms with E-state index in [-0.39, 0.29) is 5.75 Å². The van der Waals surface area contributed by atoms with Crippen LogP contribution in [0, 0.1) is 0 Å². The molecule has 2 heterocycles. The summed E-state index contributed by atoms with van der Waals surface area (Å²) in [4.78, 5) is 4.50. The van der Waals surface area contributed by atoms with Crippen molar-refractivity contribution < 1.29 is 9.84 Å². The molecule has 0 atom stereocenters. The summed E-state index contributed by atoms with van der Waals surface area (Å²) in [5, 5.41) is 18.5. The lowest BCUT2D eigenvalue weighted by atomic mass is 9.99. The summed E-state index contributed by atoms with van der Waals surface area (Å²) in [5.74, 6) is 0.734. The Morgan fingerprint density at radius 1 is 1.00 bits per heavy atom. The predicted molar refractivity (Wildman–Crippen MR) is 93.0 cm³/mol. The number of benzene rings is 2. The predicted octanol–water partition coefficient (Wildman–Crippen LogP) is 4.01. The zero-order valence-electron chi connectivity index (χ0n) is 13.0. The molecule has 0 spiro atoms. The number of H-pyrrole nitrogens is 1. The number of hydrogen-bond donors (Lipinski definition) is 2. The van der Waals surface area contributed by atoms with Crippen molar-refractivity contribution in [3.05, 3.63) is 60.9 Å². The number of phenolic OH excluding ortho intramolecular Hbond substituents is 1. The molecule has 0 aliphatic heterocycles. The molecule has 2 aromatic carbocycles. The molecule has 0 aliphatic rings. The van der Waals surface area contributed by atoms with Crippen LogP contribution in [0.3, 0.4) is 0 Å². The van der Waals surface area contributed by atoms with Crippen LogP contribution >= 0.6 is 0 Å². The van der Waals surface area contributed by atoms with Crippen molar-refractivity contribution in [2.75, 3.05) is 7.11 Å². The molecule has 0 saturated carbocycles. The Labute approximate surface area is 138 Å². The fraction of sp³-hybridized carbons (Fsp3) is 0.0526. The monoisotopic (exact) mass is 317 g/mol. The van der Waals surface area contributed by atoms with Crippen LogP contribution in [-0.2, 0) is 0 Å². The molecule has 24 heavy (non-hydrogen) atoms. The number of phenols is 1. The lowest BCUT2D eigenvalue weighted by Crippen LogP contribution is -1.88. The SMILES string of the molecule is COc1ccc(-c2[nH]ncc2-c2cccc3cccnc23)c(O)c1. The van der Waals surface area contributed by atoms with Gasteiger partial charge in [-0.05, 0) is 18.2 Å². The number of aromatic nitrogens is 3. The van der Waals surface area contributed by atoms with Crippen molar-refractivity contribution in [3.63, 3.8) is 0 Å². The van der Waals surface area contributed by atoms with Crippen LogP contribution in [0.15, 0.2) is 60.9 Å². The zero-order valence-corrected chi connectivity index (χ0v) is 13.0. The highest BCUT2D eigenvalue weighted by Gasteiger charge is 2.16. The summed E-state index contributed by atoms with van der Waals surface area (Å²) in [5.41, 5.74) is 4.16. The normalized spacial score (nSPS) is 10.9. The van der Waals surface area contributed by atoms with E-state index in [1.54, 1.807) is 31.6 Å². The van der Waals surface area contributed by atoms with Gasteiger partial charge in [0.25, 0.3) is 0 Å². The average molecular weight is 317 g/mol. The number of nitrogens with zero attached hydrogens (tertiary/aromatic N) is 2. The zero-order chi connectivity index (χ0) is 16.5. The highest BCUT2D eigenvalue weighted by molar-refractivity contribution is 5.97. The van der Waals surface area contributed by atoms with Crippen LogP contribution in [0.5, 0.6) is 11.5 Å². The maximum absolute atomic E-state index is 10.3. The summed E-state index contributed by atoms with van der Waals surface area (Å²) in [6, 6.07) is 15.2. The molecule has 4 rings (SSSR count). The topological polar surface area (TPSA) is 71.0 Å². The third-order valence-electron chi connectivity index (χ3n) is 4.04. The highest BCUT2D eigenvalue weighted by Crippen LogP contribution is 2.38. The van der Waals surface area contributed by atoms with Gasteiger partial charge in [0.2, 0.25) is 0 Å². The molecule has 0 radical (unpaired) electrons. The van der Waals surface area contributed by atoms with Gasteiger partial charge >= 0.3 is 0 Å². The van der Waals surface area contributed by atoms with Gasteiger partial charge in [0.05, 0.1) is 24.5 Å². The summed E-state index contributed by atoms with van der Waals surface area (Å²) in [7, 11) is 1.57. The van der Waals surface area contributed by atoms with Crippen molar-refractivity contribution in [2.24, 2.45) is 0 Å². The van der Waals surface area contributed by atoms with Gasteiger partial charge < -0.3 is 9.84 Å². The van der Waals surface area contributed by atoms with Crippen LogP contribution in [-0.4, -0.2) is 27.4 Å². The largest absolute Gasteiger partial charge is 0.507 e. The molecule has 5 heteroatoms. The number of methoxy groups -OCH3 is 1. The number of rotatable bonds is 3. The maximum Gasteiger partial charge on any atom is 0.128 e. The summed E-state index contributed by atoms with van der Waals surface area (Å²) >= 11 is 0. The van der Waals surface area contributed by atoms with Gasteiger partial charge in [-0.25, -0.2) is 0 Å². The average Bonchev–Trinajstić information content (AvgIpc) is 3.10. The van der Waals surface area contributed by atoms with E-state index in [2.05, 4.69) is 15.2 Å². The molecule has 0 saturated heterocycles. The number of pyridine rings is 1. The Morgan fingerprint density at radius 3 is 2.71 bits per heavy atom. The fourth-order valence-corrected chi connectivity index (χ4v) is 2.87. The highest BCUT2D eigenvalue weighted by atomic mass is 16.5. The van der Waals surface area contributed by atoms with Crippen molar-refractivity contribution in [1.29, 1.82) is 0 Å². The van der Waals surface area contributed by atoms with Gasteiger partial charge in [0.1, 0.15) is 11.5 Å². The maximum atomic E-state index is 10.3. The molecule has 118 valence electrons. The van der Waals surface area contributed by atoms with Gasteiger partial charge in [-0.1, -0.05) is 24.3 Å². The Hall–Kier alpha value is -3.34. The van der Waals surface area contributed by atoms with E-state index in [4.69, 9.17) is 4.74 Å². The van der Waals surface area contributed by atoms with Crippen LogP contribution < -0.4 is 4.74 Å². The molecule has 0 bridgehead atoms. The summed E-state index contributed by atoms with van der Waals surface area (Å²) < 4.78 is 5.14. The van der Waals surface area contributed by atoms with Crippen LogP contribution in [0.2, 0.25) is 0 Å². The first-order chi connectivity index (χ1) is 11.8. The van der Waals surface area contributed by atoms with Crippen molar-refractivity contribution in [1.82, 2.24) is 15.2 Å². The number of hydrogen-bond acceptors (Lipinski definition) is 4. The van der Waals surface area contributed by atoms with Gasteiger partial charge in [0, 0.05) is 34.3 Å². The molecule has 0 aliphatic carbocycles. The number of para-hydroxylation sites is 1. The van der Waals surface area contributed by atoms with E-state index in [1.165, 1.54) is 0 Å². The Kier molecular flexibility index (Phi) is 3.39. The third-order valence-corrected chi connectivity index (χ3v) is 4.04. The van der Waals surface area contributed by atoms with E-state index in [1.807, 2.05) is 36.4 Å². The summed E-state index contributed by atoms with van der Waals surface area (Å²) in [6.07, 6.45) is 3.53. The van der Waals surface area contributed by atoms with Gasteiger partial charge in [-0.15, -0.1) is 0 Å². The fourth-order valence-electron chi connectivity index (χ4n) is 2.87. The second-order valence-corrected chi connectivity index (χ2v) is 5.42. The first-order valence-corrected chi connectivity index (χ1v) is 7.53. The Bertz CT molecular complexity index is 1020. The first kappa shape index (κ1) is 14.3. The van der Waals surface area contributed by atoms with Gasteiger partial charge in [-0.2, -0.15) is 5.10 Å². The quantitative estimate of drug-likeness (QED) is 0.599. The minimum absolute atomic E-state index is 0.132. The number of fused-ring (bicyclic) bond motifs is 1. The molecular formula is C19H15N3O2. The third kappa shape index (κ3) is 2.27. The lowest BCUT2D eigenvalue weighted by Gasteiger charge is -2.09. The minimum atomic E-state index is 0.132. The molecule has 0 amide bonds. The van der Waals surface area contributed by atoms with Gasteiger partial charge in [-0.3, -0.25) is 10.1 Å². The molecule has 2 N–H and O–H groups in total. The van der Waals surface area contributed by atoms with E-state index < -0.39 is 0 Å². The Balaban J connectivity index is 1.92. The van der Waals surface area contributed by atoms with Crippen LogP contribution in [0.25, 0.3) is 33.3 Å². The standard InChI is InChI=1S/C19H15N3O2/c1-24-13-7-8-15(17(23)10-13)19-16(11-21-22-19)14-6-2-4-12-5-3-9-20-18(12)14/h2-11,23H,1H3,(H,21,22). The van der Waals surface area contributed by atoms with Crippen molar-refractivity contribution in [3.8, 4) is 33.9 Å². The molecule has 0 fully saturated rings. The minimum Gasteiger partial charge on any atom is -0.507 e. The second kappa shape index (κ2) is 5.70. The number of ether oxygens (including phenoxy) is 1. The van der Waals surface area contributed by atoms with E-state index in [9.17, 15) is 5.11 Å². The van der Waals surface area contributed by atoms with E-state index in [0.717, 1.165) is 27.7 Å². The Morgan fingerprint density at radius 2 is 1.88 bits per heavy atom. The molecular weight excluding hydrogens is 302 g/mol. The van der Waals surface area contributed by atoms with E-state index in [0.29, 0.717) is 11.3 Å². The number of nitrogens with one attached hydrogen (secondary N) is 1. The van der Waals surface area contributed by atoms with Crippen LogP contribution in [0.1, 0.15) is 0 Å². The molecule has 0 unspecified atom stereocenters. The molecule has 5 nitrogen and oxygen atoms in total. The van der Waals surface area contributed by atoms with Gasteiger partial charge in [0.15, 0.2) is 0 Å². The van der Waals surface area contributed by atoms with Crippen molar-refractivity contribution >= 4 is 10.9 Å². The lowest BCUT2D eigenvalue weighted by molar-refractivity contribution is 0.408. The number of aromatic hydroxyl groups is 1. The van der Waals surface area contributed by atoms with Crippen LogP contribution in [0.4, 0.5) is 0 Å². The first-order valence-electron chi connectivity index (χ1n) is 7.53. The smallest absolute Gasteiger partial charge is 0.128 e. The summed E-state index contributed by atoms with van der Waals surface area (Å²) in [6.45, 7) is 0. The van der Waals surface area contributed by atoms with Crippen molar-refractivity contribution in [2.45, 2.75) is 0 Å². The second-order valence-electron chi connectivity index (χ2n) is 5.42. The number of aromatic amines is 1. The molecule has 4 aromatic rings.